The van der Waals surface area contributed by atoms with Gasteiger partial charge >= 0.3 is 0 Å². The molecule has 0 saturated carbocycles. The van der Waals surface area contributed by atoms with Crippen molar-refractivity contribution in [3.05, 3.63) is 51.6 Å². The molecule has 0 fully saturated rings. The quantitative estimate of drug-likeness (QED) is 0.263. The van der Waals surface area contributed by atoms with Gasteiger partial charge in [0.25, 0.3) is 5.69 Å². The first kappa shape index (κ1) is 18.0. The van der Waals surface area contributed by atoms with Crippen molar-refractivity contribution < 1.29 is 4.92 Å². The number of rotatable bonds is 7. The van der Waals surface area contributed by atoms with Gasteiger partial charge in [0, 0.05) is 25.2 Å². The maximum atomic E-state index is 10.7. The van der Waals surface area contributed by atoms with Crippen LogP contribution in [0.5, 0.6) is 0 Å². The van der Waals surface area contributed by atoms with Crippen LogP contribution in [0.4, 0.5) is 5.69 Å². The van der Waals surface area contributed by atoms with Crippen molar-refractivity contribution in [2.75, 3.05) is 13.1 Å². The molecule has 6 nitrogen and oxygen atoms in total. The third kappa shape index (κ3) is 6.02. The molecule has 0 spiro atoms. The summed E-state index contributed by atoms with van der Waals surface area (Å²) in [5, 5.41) is 17.3. The molecule has 1 aromatic carbocycles. The molecule has 0 saturated heterocycles. The lowest BCUT2D eigenvalue weighted by molar-refractivity contribution is -0.384. The number of hydrogen-bond acceptors (Lipinski definition) is 3. The van der Waals surface area contributed by atoms with E-state index >= 15 is 0 Å². The van der Waals surface area contributed by atoms with Gasteiger partial charge in [0.05, 0.1) is 11.5 Å². The summed E-state index contributed by atoms with van der Waals surface area (Å²) in [5.41, 5.74) is 2.60. The molecule has 1 aliphatic carbocycles. The van der Waals surface area contributed by atoms with Crippen molar-refractivity contribution in [3.63, 3.8) is 0 Å². The summed E-state index contributed by atoms with van der Waals surface area (Å²) < 4.78 is 0. The first-order valence-corrected chi connectivity index (χ1v) is 8.62. The van der Waals surface area contributed by atoms with Crippen LogP contribution in [0.3, 0.4) is 0 Å². The van der Waals surface area contributed by atoms with Crippen LogP contribution in [-0.4, -0.2) is 24.0 Å². The zero-order chi connectivity index (χ0) is 17.2. The molecular weight excluding hydrogens is 304 g/mol. The van der Waals surface area contributed by atoms with Crippen LogP contribution in [0.25, 0.3) is 0 Å². The minimum Gasteiger partial charge on any atom is -0.357 e. The normalized spacial score (nSPS) is 14.9. The molecule has 130 valence electrons. The zero-order valence-corrected chi connectivity index (χ0v) is 14.3. The number of nitrogens with one attached hydrogen (secondary N) is 2. The molecule has 0 bridgehead atoms. The Labute approximate surface area is 143 Å². The van der Waals surface area contributed by atoms with E-state index in [-0.39, 0.29) is 5.69 Å². The molecule has 0 unspecified atom stereocenters. The van der Waals surface area contributed by atoms with Gasteiger partial charge in [-0.2, -0.15) is 0 Å². The van der Waals surface area contributed by atoms with E-state index in [4.69, 9.17) is 0 Å². The van der Waals surface area contributed by atoms with Crippen LogP contribution in [0.15, 0.2) is 40.9 Å². The van der Waals surface area contributed by atoms with Gasteiger partial charge in [0.1, 0.15) is 0 Å². The van der Waals surface area contributed by atoms with E-state index in [2.05, 4.69) is 21.7 Å². The molecule has 0 heterocycles. The average molecular weight is 330 g/mol. The summed E-state index contributed by atoms with van der Waals surface area (Å²) in [5.74, 6) is 0.785. The summed E-state index contributed by atoms with van der Waals surface area (Å²) in [6.45, 7) is 4.20. The standard InChI is InChI=1S/C18H26N4O2/c1-2-19-18(20-13-12-15-6-4-3-5-7-15)21-14-16-8-10-17(11-9-16)22(23)24/h6,8-11H,2-5,7,12-14H2,1H3,(H2,19,20,21). The van der Waals surface area contributed by atoms with E-state index in [1.54, 1.807) is 17.7 Å². The second kappa shape index (κ2) is 9.70. The number of nitro groups is 1. The number of hydrogen-bond donors (Lipinski definition) is 2. The Morgan fingerprint density at radius 3 is 2.67 bits per heavy atom. The molecule has 0 atom stereocenters. The Hall–Kier alpha value is -2.37. The van der Waals surface area contributed by atoms with Crippen LogP contribution in [-0.2, 0) is 6.54 Å². The Kier molecular flexibility index (Phi) is 7.26. The van der Waals surface area contributed by atoms with Gasteiger partial charge < -0.3 is 10.6 Å². The molecule has 0 amide bonds. The van der Waals surface area contributed by atoms with Crippen molar-refractivity contribution in [2.45, 2.75) is 45.6 Å². The largest absolute Gasteiger partial charge is 0.357 e. The van der Waals surface area contributed by atoms with E-state index in [1.807, 2.05) is 6.92 Å². The fourth-order valence-electron chi connectivity index (χ4n) is 2.71. The van der Waals surface area contributed by atoms with Crippen molar-refractivity contribution >= 4 is 11.6 Å². The number of allylic oxidation sites excluding steroid dienone is 1. The van der Waals surface area contributed by atoms with Gasteiger partial charge in [-0.15, -0.1) is 0 Å². The maximum absolute atomic E-state index is 10.7. The van der Waals surface area contributed by atoms with E-state index in [1.165, 1.54) is 37.8 Å². The minimum absolute atomic E-state index is 0.105. The van der Waals surface area contributed by atoms with Gasteiger partial charge in [-0.3, -0.25) is 10.1 Å². The minimum atomic E-state index is -0.390. The van der Waals surface area contributed by atoms with Crippen molar-refractivity contribution in [2.24, 2.45) is 4.99 Å². The molecule has 0 aromatic heterocycles. The van der Waals surface area contributed by atoms with E-state index in [0.717, 1.165) is 31.0 Å². The molecule has 2 rings (SSSR count). The SMILES string of the molecule is CCNC(=NCc1ccc([N+](=O)[O-])cc1)NCCC1=CCCCC1. The summed E-state index contributed by atoms with van der Waals surface area (Å²) in [6.07, 6.45) is 8.48. The fourth-order valence-corrected chi connectivity index (χ4v) is 2.71. The van der Waals surface area contributed by atoms with E-state index in [9.17, 15) is 10.1 Å². The molecule has 1 aliphatic rings. The first-order chi connectivity index (χ1) is 11.7. The number of nitro benzene ring substituents is 1. The number of nitrogens with zero attached hydrogens (tertiary/aromatic N) is 2. The molecule has 2 N–H and O–H groups in total. The van der Waals surface area contributed by atoms with Crippen LogP contribution < -0.4 is 10.6 Å². The smallest absolute Gasteiger partial charge is 0.269 e. The van der Waals surface area contributed by atoms with Gasteiger partial charge in [0.15, 0.2) is 5.96 Å². The van der Waals surface area contributed by atoms with Crippen LogP contribution >= 0.6 is 0 Å². The van der Waals surface area contributed by atoms with Crippen molar-refractivity contribution in [3.8, 4) is 0 Å². The molecule has 24 heavy (non-hydrogen) atoms. The predicted octanol–water partition coefficient (Wildman–Crippen LogP) is 3.54. The van der Waals surface area contributed by atoms with Gasteiger partial charge in [0.2, 0.25) is 0 Å². The molecule has 0 radical (unpaired) electrons. The number of benzene rings is 1. The topological polar surface area (TPSA) is 79.6 Å². The lowest BCUT2D eigenvalue weighted by Crippen LogP contribution is -2.37. The summed E-state index contributed by atoms with van der Waals surface area (Å²) in [7, 11) is 0. The van der Waals surface area contributed by atoms with Gasteiger partial charge in [-0.05, 0) is 44.6 Å². The lowest BCUT2D eigenvalue weighted by atomic mass is 9.97. The Morgan fingerprint density at radius 1 is 1.25 bits per heavy atom. The predicted molar refractivity (Wildman–Crippen MR) is 97.1 cm³/mol. The average Bonchev–Trinajstić information content (AvgIpc) is 2.61. The Balaban J connectivity index is 1.85. The third-order valence-corrected chi connectivity index (χ3v) is 4.03. The highest BCUT2D eigenvalue weighted by atomic mass is 16.6. The Morgan fingerprint density at radius 2 is 2.04 bits per heavy atom. The van der Waals surface area contributed by atoms with Crippen LogP contribution in [0.2, 0.25) is 0 Å². The van der Waals surface area contributed by atoms with Crippen LogP contribution in [0.1, 0.15) is 44.6 Å². The van der Waals surface area contributed by atoms with Crippen molar-refractivity contribution in [1.82, 2.24) is 10.6 Å². The van der Waals surface area contributed by atoms with Gasteiger partial charge in [-0.25, -0.2) is 4.99 Å². The summed E-state index contributed by atoms with van der Waals surface area (Å²) in [4.78, 5) is 14.8. The number of guanidine groups is 1. The first-order valence-electron chi connectivity index (χ1n) is 8.62. The third-order valence-electron chi connectivity index (χ3n) is 4.03. The molecular formula is C18H26N4O2. The number of non-ortho nitro benzene ring substituents is 1. The lowest BCUT2D eigenvalue weighted by Gasteiger charge is -2.15. The number of aliphatic imine (C=N–C) groups is 1. The second-order valence-corrected chi connectivity index (χ2v) is 5.90. The molecule has 6 heteroatoms. The monoisotopic (exact) mass is 330 g/mol. The maximum Gasteiger partial charge on any atom is 0.269 e. The fraction of sp³-hybridized carbons (Fsp3) is 0.500. The van der Waals surface area contributed by atoms with E-state index < -0.39 is 4.92 Å². The Bertz CT molecular complexity index is 594. The van der Waals surface area contributed by atoms with Gasteiger partial charge in [-0.1, -0.05) is 23.8 Å². The highest BCUT2D eigenvalue weighted by Crippen LogP contribution is 2.19. The van der Waals surface area contributed by atoms with Crippen LogP contribution in [0, 0.1) is 10.1 Å². The molecule has 1 aromatic rings. The van der Waals surface area contributed by atoms with Crippen molar-refractivity contribution in [1.29, 1.82) is 0 Å². The van der Waals surface area contributed by atoms with E-state index in [0.29, 0.717) is 6.54 Å². The highest BCUT2D eigenvalue weighted by molar-refractivity contribution is 5.79. The second-order valence-electron chi connectivity index (χ2n) is 5.90. The summed E-state index contributed by atoms with van der Waals surface area (Å²) >= 11 is 0. The molecule has 0 aliphatic heterocycles. The highest BCUT2D eigenvalue weighted by Gasteiger charge is 2.05. The summed E-state index contributed by atoms with van der Waals surface area (Å²) in [6, 6.07) is 6.53. The zero-order valence-electron chi connectivity index (χ0n) is 14.3.